The molecular weight excluding hydrogens is 322 g/mol. The molecule has 1 rings (SSSR count). The summed E-state index contributed by atoms with van der Waals surface area (Å²) >= 11 is 6.70. The number of alkyl halides is 1. The number of carbonyl (C=O) groups is 1. The Kier molecular flexibility index (Phi) is 6.29. The van der Waals surface area contributed by atoms with E-state index in [1.54, 1.807) is 6.92 Å². The van der Waals surface area contributed by atoms with Crippen LogP contribution in [0.15, 0.2) is 0 Å². The molecule has 8 heteroatoms. The Bertz CT molecular complexity index is 581. The minimum atomic E-state index is -3.55. The van der Waals surface area contributed by atoms with Crippen LogP contribution in [-0.2, 0) is 21.2 Å². The van der Waals surface area contributed by atoms with E-state index in [1.165, 1.54) is 11.3 Å². The second kappa shape index (κ2) is 7.28. The Labute approximate surface area is 128 Å². The molecule has 0 saturated carbocycles. The summed E-state index contributed by atoms with van der Waals surface area (Å²) < 4.78 is 31.0. The van der Waals surface area contributed by atoms with Crippen LogP contribution in [0.4, 0.5) is 5.00 Å². The zero-order valence-corrected chi connectivity index (χ0v) is 14.0. The second-order valence-electron chi connectivity index (χ2n) is 4.02. The molecule has 0 fully saturated rings. The third-order valence-corrected chi connectivity index (χ3v) is 5.50. The van der Waals surface area contributed by atoms with Crippen LogP contribution in [0.1, 0.15) is 34.6 Å². The molecule has 1 aromatic rings. The van der Waals surface area contributed by atoms with Gasteiger partial charge in [-0.3, -0.25) is 4.72 Å². The van der Waals surface area contributed by atoms with Gasteiger partial charge in [-0.1, -0.05) is 6.92 Å². The monoisotopic (exact) mass is 339 g/mol. The highest BCUT2D eigenvalue weighted by Crippen LogP contribution is 2.34. The quantitative estimate of drug-likeness (QED) is 0.612. The summed E-state index contributed by atoms with van der Waals surface area (Å²) in [5, 5.41) is 0.308. The SMILES string of the molecule is CCOC(=O)c1c(NS(=O)(=O)CCCl)sc(C)c1CC. The molecule has 5 nitrogen and oxygen atoms in total. The lowest BCUT2D eigenvalue weighted by atomic mass is 10.1. The average Bonchev–Trinajstić information content (AvgIpc) is 2.64. The van der Waals surface area contributed by atoms with Gasteiger partial charge >= 0.3 is 5.97 Å². The number of hydrogen-bond donors (Lipinski definition) is 1. The van der Waals surface area contributed by atoms with Gasteiger partial charge in [-0.15, -0.1) is 22.9 Å². The highest BCUT2D eigenvalue weighted by atomic mass is 35.5. The van der Waals surface area contributed by atoms with Gasteiger partial charge in [0.15, 0.2) is 0 Å². The topological polar surface area (TPSA) is 72.5 Å². The number of halogens is 1. The third kappa shape index (κ3) is 4.10. The highest BCUT2D eigenvalue weighted by Gasteiger charge is 2.24. The molecular formula is C12H18ClNO4S2. The first-order valence-electron chi connectivity index (χ1n) is 6.22. The van der Waals surface area contributed by atoms with Crippen LogP contribution in [0, 0.1) is 6.92 Å². The summed E-state index contributed by atoms with van der Waals surface area (Å²) in [5.74, 6) is -0.707. The van der Waals surface area contributed by atoms with Gasteiger partial charge in [-0.2, -0.15) is 0 Å². The number of nitrogens with one attached hydrogen (secondary N) is 1. The van der Waals surface area contributed by atoms with Gasteiger partial charge < -0.3 is 4.74 Å². The van der Waals surface area contributed by atoms with Gasteiger partial charge in [0.05, 0.1) is 17.9 Å². The van der Waals surface area contributed by atoms with Crippen molar-refractivity contribution in [3.63, 3.8) is 0 Å². The molecule has 0 atom stereocenters. The number of carbonyl (C=O) groups excluding carboxylic acids is 1. The predicted molar refractivity (Wildman–Crippen MR) is 82.5 cm³/mol. The molecule has 114 valence electrons. The fourth-order valence-corrected chi connectivity index (χ4v) is 4.62. The van der Waals surface area contributed by atoms with Gasteiger partial charge in [0.1, 0.15) is 5.00 Å². The minimum Gasteiger partial charge on any atom is -0.462 e. The van der Waals surface area contributed by atoms with E-state index in [0.29, 0.717) is 17.0 Å². The number of aryl methyl sites for hydroxylation is 1. The van der Waals surface area contributed by atoms with E-state index >= 15 is 0 Å². The Hall–Kier alpha value is -0.790. The zero-order chi connectivity index (χ0) is 15.3. The lowest BCUT2D eigenvalue weighted by Gasteiger charge is -2.08. The van der Waals surface area contributed by atoms with Crippen LogP contribution in [0.5, 0.6) is 0 Å². The van der Waals surface area contributed by atoms with Crippen molar-refractivity contribution in [1.82, 2.24) is 0 Å². The fraction of sp³-hybridized carbons (Fsp3) is 0.583. The minimum absolute atomic E-state index is 0.00490. The smallest absolute Gasteiger partial charge is 0.341 e. The van der Waals surface area contributed by atoms with E-state index in [9.17, 15) is 13.2 Å². The molecule has 0 aliphatic rings. The van der Waals surface area contributed by atoms with Gasteiger partial charge in [0, 0.05) is 10.8 Å². The average molecular weight is 340 g/mol. The normalized spacial score (nSPS) is 11.4. The first kappa shape index (κ1) is 17.3. The Morgan fingerprint density at radius 1 is 1.40 bits per heavy atom. The van der Waals surface area contributed by atoms with E-state index in [1.807, 2.05) is 13.8 Å². The number of rotatable bonds is 7. The van der Waals surface area contributed by atoms with Crippen LogP contribution in [0.25, 0.3) is 0 Å². The van der Waals surface area contributed by atoms with Crippen LogP contribution in [-0.4, -0.2) is 32.6 Å². The van der Waals surface area contributed by atoms with E-state index < -0.39 is 16.0 Å². The summed E-state index contributed by atoms with van der Waals surface area (Å²) in [7, 11) is -3.55. The Balaban J connectivity index is 3.23. The lowest BCUT2D eigenvalue weighted by Crippen LogP contribution is -2.19. The van der Waals surface area contributed by atoms with Crippen molar-refractivity contribution >= 4 is 43.9 Å². The predicted octanol–water partition coefficient (Wildman–Crippen LogP) is 2.78. The molecule has 0 radical (unpaired) electrons. The fourth-order valence-electron chi connectivity index (χ4n) is 1.79. The van der Waals surface area contributed by atoms with E-state index in [-0.39, 0.29) is 18.2 Å². The molecule has 1 heterocycles. The second-order valence-corrected chi connectivity index (χ2v) is 7.47. The van der Waals surface area contributed by atoms with Gasteiger partial charge in [-0.25, -0.2) is 13.2 Å². The van der Waals surface area contributed by atoms with Crippen LogP contribution in [0.2, 0.25) is 0 Å². The van der Waals surface area contributed by atoms with Crippen molar-refractivity contribution in [2.75, 3.05) is 23.0 Å². The number of thiophene rings is 1. The first-order chi connectivity index (χ1) is 9.36. The molecule has 0 aromatic carbocycles. The third-order valence-electron chi connectivity index (χ3n) is 2.64. The summed E-state index contributed by atoms with van der Waals surface area (Å²) in [6.07, 6.45) is 0.633. The van der Waals surface area contributed by atoms with Gasteiger partial charge in [-0.05, 0) is 25.8 Å². The molecule has 1 N–H and O–H groups in total. The van der Waals surface area contributed by atoms with Gasteiger partial charge in [0.25, 0.3) is 0 Å². The van der Waals surface area contributed by atoms with Crippen LogP contribution in [0.3, 0.4) is 0 Å². The number of ether oxygens (including phenoxy) is 1. The number of esters is 1. The highest BCUT2D eigenvalue weighted by molar-refractivity contribution is 7.93. The zero-order valence-electron chi connectivity index (χ0n) is 11.7. The summed E-state index contributed by atoms with van der Waals surface area (Å²) in [4.78, 5) is 12.9. The molecule has 0 bridgehead atoms. The number of sulfonamides is 1. The van der Waals surface area contributed by atoms with Crippen molar-refractivity contribution in [2.24, 2.45) is 0 Å². The van der Waals surface area contributed by atoms with E-state index in [4.69, 9.17) is 16.3 Å². The van der Waals surface area contributed by atoms with Crippen molar-refractivity contribution in [2.45, 2.75) is 27.2 Å². The molecule has 20 heavy (non-hydrogen) atoms. The maximum absolute atomic E-state index is 12.0. The largest absolute Gasteiger partial charge is 0.462 e. The molecule has 1 aromatic heterocycles. The maximum Gasteiger partial charge on any atom is 0.341 e. The summed E-state index contributed by atoms with van der Waals surface area (Å²) in [6, 6.07) is 0. The molecule has 0 aliphatic heterocycles. The molecule has 0 aliphatic carbocycles. The molecule has 0 unspecified atom stereocenters. The van der Waals surface area contributed by atoms with Gasteiger partial charge in [0.2, 0.25) is 10.0 Å². The van der Waals surface area contributed by atoms with E-state index in [2.05, 4.69) is 4.72 Å². The van der Waals surface area contributed by atoms with Crippen molar-refractivity contribution in [1.29, 1.82) is 0 Å². The van der Waals surface area contributed by atoms with Crippen molar-refractivity contribution in [3.8, 4) is 0 Å². The summed E-state index contributed by atoms with van der Waals surface area (Å²) in [6.45, 7) is 5.71. The standard InChI is InChI=1S/C12H18ClNO4S2/c1-4-9-8(3)19-11(10(9)12(15)18-5-2)14-20(16,17)7-6-13/h14H,4-7H2,1-3H3. The molecule has 0 saturated heterocycles. The van der Waals surface area contributed by atoms with Crippen LogP contribution < -0.4 is 4.72 Å². The molecule has 0 amide bonds. The van der Waals surface area contributed by atoms with Crippen molar-refractivity contribution < 1.29 is 17.9 Å². The van der Waals surface area contributed by atoms with Crippen molar-refractivity contribution in [3.05, 3.63) is 16.0 Å². The molecule has 0 spiro atoms. The van der Waals surface area contributed by atoms with E-state index in [0.717, 1.165) is 10.4 Å². The summed E-state index contributed by atoms with van der Waals surface area (Å²) in [5.41, 5.74) is 1.13. The number of hydrogen-bond acceptors (Lipinski definition) is 5. The first-order valence-corrected chi connectivity index (χ1v) is 9.22. The number of anilines is 1. The lowest BCUT2D eigenvalue weighted by molar-refractivity contribution is 0.0527. The van der Waals surface area contributed by atoms with Crippen LogP contribution >= 0.6 is 22.9 Å². The Morgan fingerprint density at radius 3 is 2.55 bits per heavy atom. The maximum atomic E-state index is 12.0. The Morgan fingerprint density at radius 2 is 2.05 bits per heavy atom.